The number of aromatic hydroxyl groups is 1. The third kappa shape index (κ3) is 2.60. The number of aliphatic hydroxyl groups is 1. The predicted octanol–water partition coefficient (Wildman–Crippen LogP) is 0.752. The molecule has 6 nitrogen and oxygen atoms in total. The lowest BCUT2D eigenvalue weighted by molar-refractivity contribution is -0.162. The third-order valence-electron chi connectivity index (χ3n) is 3.66. The summed E-state index contributed by atoms with van der Waals surface area (Å²) in [6.07, 6.45) is -0.0264. The molecule has 0 bridgehead atoms. The first-order chi connectivity index (χ1) is 9.33. The number of carbonyl (C=O) groups excluding carboxylic acids is 1. The number of phenols is 1. The lowest BCUT2D eigenvalue weighted by Crippen LogP contribution is -2.50. The molecule has 1 heterocycles. The highest BCUT2D eigenvalue weighted by Crippen LogP contribution is 2.26. The number of rotatable bonds is 2. The van der Waals surface area contributed by atoms with Crippen molar-refractivity contribution in [3.63, 3.8) is 0 Å². The van der Waals surface area contributed by atoms with Gasteiger partial charge in [0, 0.05) is 25.9 Å². The van der Waals surface area contributed by atoms with Gasteiger partial charge in [0.25, 0.3) is 5.91 Å². The van der Waals surface area contributed by atoms with Crippen molar-refractivity contribution in [3.8, 4) is 5.75 Å². The smallest absolute Gasteiger partial charge is 0.335 e. The van der Waals surface area contributed by atoms with Gasteiger partial charge in [-0.25, -0.2) is 4.79 Å². The summed E-state index contributed by atoms with van der Waals surface area (Å²) in [5.41, 5.74) is -0.721. The number of benzene rings is 1. The summed E-state index contributed by atoms with van der Waals surface area (Å²) >= 11 is 0. The Kier molecular flexibility index (Phi) is 3.67. The standard InChI is InChI=1S/C14H17NO5/c1-9-2-3-10(11(16)8-9)12(17)15-6-4-14(20,5-7-15)13(18)19/h2-3,8,16,20H,4-7H2,1H3,(H,18,19). The normalized spacial score (nSPS) is 17.8. The largest absolute Gasteiger partial charge is 0.507 e. The minimum atomic E-state index is -1.76. The molecule has 0 aliphatic carbocycles. The maximum absolute atomic E-state index is 12.2. The van der Waals surface area contributed by atoms with E-state index in [1.807, 2.05) is 6.92 Å². The van der Waals surface area contributed by atoms with Gasteiger partial charge in [0.05, 0.1) is 5.56 Å². The maximum atomic E-state index is 12.2. The van der Waals surface area contributed by atoms with Crippen molar-refractivity contribution in [2.75, 3.05) is 13.1 Å². The summed E-state index contributed by atoms with van der Waals surface area (Å²) < 4.78 is 0. The van der Waals surface area contributed by atoms with Crippen LogP contribution in [0.15, 0.2) is 18.2 Å². The number of phenolic OH excluding ortho intramolecular Hbond substituents is 1. The molecule has 3 N–H and O–H groups in total. The number of amides is 1. The van der Waals surface area contributed by atoms with Crippen molar-refractivity contribution in [1.82, 2.24) is 4.90 Å². The number of piperidine rings is 1. The average Bonchev–Trinajstić information content (AvgIpc) is 2.38. The van der Waals surface area contributed by atoms with Crippen molar-refractivity contribution in [1.29, 1.82) is 0 Å². The van der Waals surface area contributed by atoms with Gasteiger partial charge in [-0.3, -0.25) is 4.79 Å². The van der Waals surface area contributed by atoms with Gasteiger partial charge in [-0.05, 0) is 24.6 Å². The average molecular weight is 279 g/mol. The second-order valence-corrected chi connectivity index (χ2v) is 5.15. The quantitative estimate of drug-likeness (QED) is 0.742. The van der Waals surface area contributed by atoms with E-state index in [4.69, 9.17) is 5.11 Å². The molecule has 1 amide bonds. The molecule has 0 aromatic heterocycles. The molecule has 20 heavy (non-hydrogen) atoms. The Morgan fingerprint density at radius 3 is 2.35 bits per heavy atom. The SMILES string of the molecule is Cc1ccc(C(=O)N2CCC(O)(C(=O)O)CC2)c(O)c1. The van der Waals surface area contributed by atoms with Gasteiger partial charge in [-0.1, -0.05) is 6.07 Å². The second-order valence-electron chi connectivity index (χ2n) is 5.15. The van der Waals surface area contributed by atoms with E-state index in [-0.39, 0.29) is 43.2 Å². The van der Waals surface area contributed by atoms with Crippen molar-refractivity contribution in [2.45, 2.75) is 25.4 Å². The molecule has 108 valence electrons. The highest BCUT2D eigenvalue weighted by Gasteiger charge is 2.40. The van der Waals surface area contributed by atoms with Crippen LogP contribution in [0.2, 0.25) is 0 Å². The maximum Gasteiger partial charge on any atom is 0.335 e. The van der Waals surface area contributed by atoms with Crippen molar-refractivity contribution in [3.05, 3.63) is 29.3 Å². The number of hydrogen-bond donors (Lipinski definition) is 3. The number of carbonyl (C=O) groups is 2. The molecule has 0 unspecified atom stereocenters. The highest BCUT2D eigenvalue weighted by molar-refractivity contribution is 5.97. The second kappa shape index (κ2) is 5.13. The lowest BCUT2D eigenvalue weighted by atomic mass is 9.91. The van der Waals surface area contributed by atoms with E-state index in [1.165, 1.54) is 11.0 Å². The van der Waals surface area contributed by atoms with Crippen LogP contribution in [0.4, 0.5) is 0 Å². The van der Waals surface area contributed by atoms with Crippen molar-refractivity contribution in [2.24, 2.45) is 0 Å². The summed E-state index contributed by atoms with van der Waals surface area (Å²) in [4.78, 5) is 24.6. The van der Waals surface area contributed by atoms with Crippen LogP contribution in [-0.2, 0) is 4.79 Å². The summed E-state index contributed by atoms with van der Waals surface area (Å²) in [5.74, 6) is -1.70. The Hall–Kier alpha value is -2.08. The van der Waals surface area contributed by atoms with Crippen LogP contribution in [0.5, 0.6) is 5.75 Å². The lowest BCUT2D eigenvalue weighted by Gasteiger charge is -2.35. The molecule has 0 spiro atoms. The minimum absolute atomic E-state index is 0.0132. The van der Waals surface area contributed by atoms with Gasteiger partial charge >= 0.3 is 5.97 Å². The Labute approximate surface area is 116 Å². The fourth-order valence-corrected chi connectivity index (χ4v) is 2.29. The van der Waals surface area contributed by atoms with Crippen LogP contribution in [-0.4, -0.2) is 50.8 Å². The van der Waals surface area contributed by atoms with Crippen LogP contribution in [0.1, 0.15) is 28.8 Å². The molecule has 1 aromatic carbocycles. The monoisotopic (exact) mass is 279 g/mol. The number of nitrogens with zero attached hydrogens (tertiary/aromatic N) is 1. The number of carboxylic acids is 1. The molecule has 2 rings (SSSR count). The molecule has 0 radical (unpaired) electrons. The third-order valence-corrected chi connectivity index (χ3v) is 3.66. The topological polar surface area (TPSA) is 98.1 Å². The van der Waals surface area contributed by atoms with Gasteiger partial charge < -0.3 is 20.2 Å². The van der Waals surface area contributed by atoms with E-state index < -0.39 is 11.6 Å². The van der Waals surface area contributed by atoms with Crippen molar-refractivity contribution < 1.29 is 24.9 Å². The minimum Gasteiger partial charge on any atom is -0.507 e. The molecule has 1 fully saturated rings. The van der Waals surface area contributed by atoms with E-state index in [1.54, 1.807) is 12.1 Å². The molecular weight excluding hydrogens is 262 g/mol. The van der Waals surface area contributed by atoms with E-state index >= 15 is 0 Å². The molecule has 1 aliphatic rings. The zero-order valence-corrected chi connectivity index (χ0v) is 11.2. The van der Waals surface area contributed by atoms with Gasteiger partial charge in [0.1, 0.15) is 5.75 Å². The molecule has 0 saturated carbocycles. The van der Waals surface area contributed by atoms with Gasteiger partial charge in [-0.2, -0.15) is 0 Å². The van der Waals surface area contributed by atoms with Gasteiger partial charge in [-0.15, -0.1) is 0 Å². The molecule has 6 heteroatoms. The number of aliphatic carboxylic acids is 1. The summed E-state index contributed by atoms with van der Waals surface area (Å²) in [5, 5.41) is 28.5. The molecule has 1 aromatic rings. The van der Waals surface area contributed by atoms with Crippen molar-refractivity contribution >= 4 is 11.9 Å². The first kappa shape index (κ1) is 14.3. The van der Waals surface area contributed by atoms with E-state index in [0.717, 1.165) is 5.56 Å². The first-order valence-corrected chi connectivity index (χ1v) is 6.38. The number of likely N-dealkylation sites (tertiary alicyclic amines) is 1. The molecule has 1 saturated heterocycles. The fourth-order valence-electron chi connectivity index (χ4n) is 2.29. The van der Waals surface area contributed by atoms with Gasteiger partial charge in [0.2, 0.25) is 0 Å². The summed E-state index contributed by atoms with van der Waals surface area (Å²) in [6, 6.07) is 4.78. The summed E-state index contributed by atoms with van der Waals surface area (Å²) in [6.45, 7) is 2.10. The van der Waals surface area contributed by atoms with Crippen LogP contribution in [0.25, 0.3) is 0 Å². The predicted molar refractivity (Wildman–Crippen MR) is 70.6 cm³/mol. The highest BCUT2D eigenvalue weighted by atomic mass is 16.4. The van der Waals surface area contributed by atoms with E-state index in [2.05, 4.69) is 0 Å². The summed E-state index contributed by atoms with van der Waals surface area (Å²) in [7, 11) is 0. The number of aryl methyl sites for hydroxylation is 1. The Balaban J connectivity index is 2.11. The zero-order chi connectivity index (χ0) is 14.9. The molecular formula is C14H17NO5. The Morgan fingerprint density at radius 1 is 1.25 bits per heavy atom. The van der Waals surface area contributed by atoms with Crippen LogP contribution >= 0.6 is 0 Å². The van der Waals surface area contributed by atoms with Crippen LogP contribution in [0.3, 0.4) is 0 Å². The molecule has 0 atom stereocenters. The zero-order valence-electron chi connectivity index (χ0n) is 11.2. The fraction of sp³-hybridized carbons (Fsp3) is 0.429. The van der Waals surface area contributed by atoms with E-state index in [9.17, 15) is 19.8 Å². The van der Waals surface area contributed by atoms with E-state index in [0.29, 0.717) is 0 Å². The number of hydrogen-bond acceptors (Lipinski definition) is 4. The van der Waals surface area contributed by atoms with Gasteiger partial charge in [0.15, 0.2) is 5.60 Å². The first-order valence-electron chi connectivity index (χ1n) is 6.38. The number of carboxylic acid groups (broad SMARTS) is 1. The van der Waals surface area contributed by atoms with Crippen LogP contribution < -0.4 is 0 Å². The van der Waals surface area contributed by atoms with Crippen LogP contribution in [0, 0.1) is 6.92 Å². The Morgan fingerprint density at radius 2 is 1.85 bits per heavy atom. The molecule has 1 aliphatic heterocycles. The Bertz CT molecular complexity index is 546.